The molecule has 1 heterocycles. The highest BCUT2D eigenvalue weighted by Gasteiger charge is 2.28. The van der Waals surface area contributed by atoms with Crippen molar-refractivity contribution in [1.82, 2.24) is 9.21 Å². The normalized spacial score (nSPS) is 23.9. The van der Waals surface area contributed by atoms with E-state index in [1.165, 1.54) is 4.31 Å². The number of likely N-dealkylation sites (N-methyl/N-ethyl adjacent to an activating group) is 1. The average molecular weight is 467 g/mol. The lowest BCUT2D eigenvalue weighted by Crippen LogP contribution is -2.35. The third-order valence-electron chi connectivity index (χ3n) is 5.50. The molecule has 1 saturated heterocycles. The molecule has 1 aliphatic heterocycles. The molecule has 10 heteroatoms. The summed E-state index contributed by atoms with van der Waals surface area (Å²) < 4.78 is 27.6. The molecule has 2 aliphatic rings. The van der Waals surface area contributed by atoms with Crippen LogP contribution in [0.4, 0.5) is 5.69 Å². The Balaban J connectivity index is 0.00000210. The monoisotopic (exact) mass is 466 g/mol. The number of halogens is 2. The number of rotatable bonds is 4. The van der Waals surface area contributed by atoms with E-state index in [1.54, 1.807) is 24.3 Å². The maximum atomic E-state index is 13.0. The zero-order valence-electron chi connectivity index (χ0n) is 16.7. The number of carbonyl (C=O) groups is 1. The summed E-state index contributed by atoms with van der Waals surface area (Å²) in [5.41, 5.74) is 6.49. The predicted molar refractivity (Wildman–Crippen MR) is 120 cm³/mol. The van der Waals surface area contributed by atoms with Gasteiger partial charge in [0.05, 0.1) is 4.90 Å². The Morgan fingerprint density at radius 3 is 2.59 bits per heavy atom. The third kappa shape index (κ3) is 6.80. The summed E-state index contributed by atoms with van der Waals surface area (Å²) in [4.78, 5) is 14.9. The molecule has 1 aromatic carbocycles. The number of sulfonamides is 1. The molecule has 2 fully saturated rings. The van der Waals surface area contributed by atoms with Crippen molar-refractivity contribution in [3.63, 3.8) is 0 Å². The molecule has 2 unspecified atom stereocenters. The number of nitrogens with zero attached hydrogens (tertiary/aromatic N) is 2. The SMILES string of the molecule is CN1CCCN(S(=O)(=O)c2cccc(NC(=O)C3CCCC(N)C3)c2)CC1.Cl.Cl. The molecule has 7 nitrogen and oxygen atoms in total. The Kier molecular flexibility index (Phi) is 10.3. The van der Waals surface area contributed by atoms with Gasteiger partial charge < -0.3 is 16.0 Å². The van der Waals surface area contributed by atoms with Crippen molar-refractivity contribution >= 4 is 46.4 Å². The minimum atomic E-state index is -3.57. The first kappa shape index (κ1) is 26.1. The van der Waals surface area contributed by atoms with Gasteiger partial charge in [-0.25, -0.2) is 8.42 Å². The minimum absolute atomic E-state index is 0. The maximum absolute atomic E-state index is 13.0. The van der Waals surface area contributed by atoms with Crippen LogP contribution in [0.3, 0.4) is 0 Å². The molecule has 1 aliphatic carbocycles. The second-order valence-corrected chi connectivity index (χ2v) is 9.64. The molecule has 3 N–H and O–H groups in total. The second-order valence-electron chi connectivity index (χ2n) is 7.70. The third-order valence-corrected chi connectivity index (χ3v) is 7.40. The van der Waals surface area contributed by atoms with Crippen LogP contribution in [0.1, 0.15) is 32.1 Å². The first-order chi connectivity index (χ1) is 12.9. The van der Waals surface area contributed by atoms with Gasteiger partial charge in [0.2, 0.25) is 15.9 Å². The van der Waals surface area contributed by atoms with E-state index in [-0.39, 0.29) is 47.6 Å². The number of hydrogen-bond acceptors (Lipinski definition) is 5. The van der Waals surface area contributed by atoms with Crippen molar-refractivity contribution < 1.29 is 13.2 Å². The fraction of sp³-hybridized carbons (Fsp3) is 0.632. The van der Waals surface area contributed by atoms with E-state index in [2.05, 4.69) is 10.2 Å². The highest BCUT2D eigenvalue weighted by atomic mass is 35.5. The molecular formula is C19H32Cl2N4O3S. The highest BCUT2D eigenvalue weighted by molar-refractivity contribution is 7.89. The van der Waals surface area contributed by atoms with Crippen LogP contribution >= 0.6 is 24.8 Å². The van der Waals surface area contributed by atoms with Crippen LogP contribution in [0.5, 0.6) is 0 Å². The number of carbonyl (C=O) groups excluding carboxylic acids is 1. The fourth-order valence-corrected chi connectivity index (χ4v) is 5.37. The van der Waals surface area contributed by atoms with E-state index in [0.29, 0.717) is 25.2 Å². The van der Waals surface area contributed by atoms with Gasteiger partial charge >= 0.3 is 0 Å². The maximum Gasteiger partial charge on any atom is 0.243 e. The Morgan fingerprint density at radius 1 is 1.10 bits per heavy atom. The van der Waals surface area contributed by atoms with Gasteiger partial charge in [0.25, 0.3) is 0 Å². The second kappa shape index (κ2) is 11.5. The predicted octanol–water partition coefficient (Wildman–Crippen LogP) is 2.31. The molecule has 2 atom stereocenters. The summed E-state index contributed by atoms with van der Waals surface area (Å²) in [7, 11) is -1.56. The lowest BCUT2D eigenvalue weighted by Gasteiger charge is -2.25. The molecular weight excluding hydrogens is 435 g/mol. The average Bonchev–Trinajstić information content (AvgIpc) is 2.87. The molecule has 166 valence electrons. The first-order valence-corrected chi connectivity index (χ1v) is 11.2. The molecule has 0 aromatic heterocycles. The summed E-state index contributed by atoms with van der Waals surface area (Å²) >= 11 is 0. The van der Waals surface area contributed by atoms with Crippen molar-refractivity contribution in [1.29, 1.82) is 0 Å². The van der Waals surface area contributed by atoms with Crippen LogP contribution in [0.15, 0.2) is 29.2 Å². The Morgan fingerprint density at radius 2 is 1.86 bits per heavy atom. The number of anilines is 1. The number of nitrogens with two attached hydrogens (primary N) is 1. The Bertz CT molecular complexity index is 778. The van der Waals surface area contributed by atoms with E-state index in [1.807, 2.05) is 7.05 Å². The molecule has 1 amide bonds. The number of hydrogen-bond donors (Lipinski definition) is 2. The van der Waals surface area contributed by atoms with E-state index in [4.69, 9.17) is 5.73 Å². The zero-order chi connectivity index (χ0) is 19.4. The lowest BCUT2D eigenvalue weighted by atomic mass is 9.85. The van der Waals surface area contributed by atoms with Crippen molar-refractivity contribution in [3.8, 4) is 0 Å². The van der Waals surface area contributed by atoms with E-state index < -0.39 is 10.0 Å². The molecule has 0 radical (unpaired) electrons. The summed E-state index contributed by atoms with van der Waals surface area (Å²) in [5, 5.41) is 2.88. The van der Waals surface area contributed by atoms with Gasteiger partial charge in [-0.05, 0) is 57.5 Å². The Hall–Kier alpha value is -0.900. The smallest absolute Gasteiger partial charge is 0.243 e. The van der Waals surface area contributed by atoms with E-state index >= 15 is 0 Å². The first-order valence-electron chi connectivity index (χ1n) is 9.71. The van der Waals surface area contributed by atoms with Crippen LogP contribution in [0, 0.1) is 5.92 Å². The van der Waals surface area contributed by atoms with Crippen LogP contribution in [-0.2, 0) is 14.8 Å². The highest BCUT2D eigenvalue weighted by Crippen LogP contribution is 2.26. The summed E-state index contributed by atoms with van der Waals surface area (Å²) in [6.07, 6.45) is 4.25. The largest absolute Gasteiger partial charge is 0.328 e. The van der Waals surface area contributed by atoms with Crippen LogP contribution in [-0.4, -0.2) is 62.8 Å². The summed E-state index contributed by atoms with van der Waals surface area (Å²) in [6, 6.07) is 6.64. The van der Waals surface area contributed by atoms with Gasteiger partial charge in [-0.3, -0.25) is 4.79 Å². The molecule has 3 rings (SSSR count). The molecule has 1 aromatic rings. The molecule has 29 heavy (non-hydrogen) atoms. The minimum Gasteiger partial charge on any atom is -0.328 e. The van der Waals surface area contributed by atoms with Crippen molar-refractivity contribution in [2.45, 2.75) is 43.0 Å². The van der Waals surface area contributed by atoms with Gasteiger partial charge in [-0.1, -0.05) is 12.5 Å². The lowest BCUT2D eigenvalue weighted by molar-refractivity contribution is -0.120. The van der Waals surface area contributed by atoms with Gasteiger partial charge in [0.1, 0.15) is 0 Å². The Labute approximate surface area is 186 Å². The van der Waals surface area contributed by atoms with Crippen molar-refractivity contribution in [3.05, 3.63) is 24.3 Å². The van der Waals surface area contributed by atoms with E-state index in [9.17, 15) is 13.2 Å². The quantitative estimate of drug-likeness (QED) is 0.709. The van der Waals surface area contributed by atoms with Gasteiger partial charge in [-0.15, -0.1) is 24.8 Å². The number of benzene rings is 1. The van der Waals surface area contributed by atoms with Gasteiger partial charge in [-0.2, -0.15) is 4.31 Å². The zero-order valence-corrected chi connectivity index (χ0v) is 19.2. The van der Waals surface area contributed by atoms with Gasteiger partial charge in [0, 0.05) is 37.3 Å². The number of amides is 1. The van der Waals surface area contributed by atoms with Crippen LogP contribution in [0.25, 0.3) is 0 Å². The van der Waals surface area contributed by atoms with Crippen LogP contribution in [0.2, 0.25) is 0 Å². The van der Waals surface area contributed by atoms with Crippen molar-refractivity contribution in [2.24, 2.45) is 11.7 Å². The van der Waals surface area contributed by atoms with E-state index in [0.717, 1.165) is 38.8 Å². The molecule has 0 bridgehead atoms. The van der Waals surface area contributed by atoms with Crippen molar-refractivity contribution in [2.75, 3.05) is 38.5 Å². The summed E-state index contributed by atoms with van der Waals surface area (Å²) in [6.45, 7) is 2.61. The van der Waals surface area contributed by atoms with Gasteiger partial charge in [0.15, 0.2) is 0 Å². The summed E-state index contributed by atoms with van der Waals surface area (Å²) in [5.74, 6) is -0.175. The standard InChI is InChI=1S/C19H30N4O3S.2ClH/c1-22-9-4-10-23(12-11-22)27(25,26)18-8-3-7-17(14-18)21-19(24)15-5-2-6-16(20)13-15;;/h3,7-8,14-16H,2,4-6,9-13,20H2,1H3,(H,21,24);2*1H. The molecule has 0 spiro atoms. The van der Waals surface area contributed by atoms with Crippen LogP contribution < -0.4 is 11.1 Å². The number of nitrogens with one attached hydrogen (secondary N) is 1. The fourth-order valence-electron chi connectivity index (χ4n) is 3.86. The molecule has 1 saturated carbocycles. The topological polar surface area (TPSA) is 95.7 Å².